The number of pyridine rings is 1. The fourth-order valence-corrected chi connectivity index (χ4v) is 2.56. The summed E-state index contributed by atoms with van der Waals surface area (Å²) in [4.78, 5) is 31.7. The van der Waals surface area contributed by atoms with Crippen molar-refractivity contribution in [1.29, 1.82) is 0 Å². The Morgan fingerprint density at radius 2 is 1.96 bits per heavy atom. The van der Waals surface area contributed by atoms with Crippen molar-refractivity contribution in [2.75, 3.05) is 43.5 Å². The molecule has 1 aromatic heterocycles. The Kier molecular flexibility index (Phi) is 5.78. The number of hydrogen-bond donors (Lipinski definition) is 1. The van der Waals surface area contributed by atoms with Crippen molar-refractivity contribution < 1.29 is 14.3 Å². The van der Waals surface area contributed by atoms with E-state index in [-0.39, 0.29) is 11.8 Å². The first-order chi connectivity index (χ1) is 11.0. The highest BCUT2D eigenvalue weighted by Crippen LogP contribution is 2.27. The average Bonchev–Trinajstić information content (AvgIpc) is 2.55. The van der Waals surface area contributed by atoms with Gasteiger partial charge in [0.25, 0.3) is 0 Å². The third-order valence-corrected chi connectivity index (χ3v) is 3.83. The van der Waals surface area contributed by atoms with Crippen molar-refractivity contribution in [3.63, 3.8) is 0 Å². The molecule has 0 atom stereocenters. The molecule has 7 nitrogen and oxygen atoms in total. The van der Waals surface area contributed by atoms with E-state index in [1.165, 1.54) is 0 Å². The number of nitrogens with zero attached hydrogens (tertiary/aromatic N) is 3. The Hall–Kier alpha value is -2.31. The lowest BCUT2D eigenvalue weighted by Crippen LogP contribution is -2.48. The maximum atomic E-state index is 11.9. The molecular formula is C16H24N4O3. The maximum absolute atomic E-state index is 11.9. The Balaban J connectivity index is 2.18. The lowest BCUT2D eigenvalue weighted by atomic mass is 10.2. The molecule has 0 spiro atoms. The molecule has 23 heavy (non-hydrogen) atoms. The normalized spacial score (nSPS) is 14.6. The van der Waals surface area contributed by atoms with Gasteiger partial charge >= 0.3 is 0 Å². The Labute approximate surface area is 136 Å². The summed E-state index contributed by atoms with van der Waals surface area (Å²) in [6, 6.07) is 3.54. The first-order valence-corrected chi connectivity index (χ1v) is 7.90. The van der Waals surface area contributed by atoms with Crippen molar-refractivity contribution >= 4 is 23.3 Å². The SMILES string of the molecule is CCCC(=O)Nc1ccc(OC)nc1N1CCN(C(C)=O)CC1. The Morgan fingerprint density at radius 3 is 2.52 bits per heavy atom. The molecule has 0 aliphatic carbocycles. The van der Waals surface area contributed by atoms with Crippen molar-refractivity contribution in [3.05, 3.63) is 12.1 Å². The average molecular weight is 320 g/mol. The molecule has 1 aromatic rings. The molecule has 1 fully saturated rings. The van der Waals surface area contributed by atoms with Gasteiger partial charge in [-0.05, 0) is 12.5 Å². The largest absolute Gasteiger partial charge is 0.481 e. The summed E-state index contributed by atoms with van der Waals surface area (Å²) in [6.45, 7) is 6.20. The molecule has 0 saturated carbocycles. The fraction of sp³-hybridized carbons (Fsp3) is 0.562. The number of amides is 2. The van der Waals surface area contributed by atoms with Crippen LogP contribution in [0, 0.1) is 0 Å². The van der Waals surface area contributed by atoms with Crippen LogP contribution in [-0.2, 0) is 9.59 Å². The van der Waals surface area contributed by atoms with Gasteiger partial charge in [-0.2, -0.15) is 4.98 Å². The molecule has 0 bridgehead atoms. The van der Waals surface area contributed by atoms with Crippen LogP contribution < -0.4 is 15.0 Å². The van der Waals surface area contributed by atoms with Gasteiger partial charge in [0.2, 0.25) is 17.7 Å². The van der Waals surface area contributed by atoms with Gasteiger partial charge < -0.3 is 19.9 Å². The second kappa shape index (κ2) is 7.80. The first-order valence-electron chi connectivity index (χ1n) is 7.90. The standard InChI is InChI=1S/C16H24N4O3/c1-4-5-14(22)17-13-6-7-15(23-3)18-16(13)20-10-8-19(9-11-20)12(2)21/h6-7H,4-5,8-11H2,1-3H3,(H,17,22). The number of hydrogen-bond acceptors (Lipinski definition) is 5. The molecule has 0 aromatic carbocycles. The van der Waals surface area contributed by atoms with Gasteiger partial charge in [0.05, 0.1) is 12.8 Å². The van der Waals surface area contributed by atoms with Gasteiger partial charge in [0.15, 0.2) is 5.82 Å². The molecule has 0 radical (unpaired) electrons. The smallest absolute Gasteiger partial charge is 0.224 e. The van der Waals surface area contributed by atoms with Crippen LogP contribution in [0.2, 0.25) is 0 Å². The molecule has 7 heteroatoms. The van der Waals surface area contributed by atoms with Crippen LogP contribution in [-0.4, -0.2) is 55.0 Å². The van der Waals surface area contributed by atoms with Crippen LogP contribution in [0.3, 0.4) is 0 Å². The second-order valence-corrected chi connectivity index (χ2v) is 5.52. The second-order valence-electron chi connectivity index (χ2n) is 5.52. The summed E-state index contributed by atoms with van der Waals surface area (Å²) >= 11 is 0. The molecule has 2 amide bonds. The quantitative estimate of drug-likeness (QED) is 0.890. The molecule has 126 valence electrons. The minimum atomic E-state index is -0.0249. The maximum Gasteiger partial charge on any atom is 0.224 e. The molecular weight excluding hydrogens is 296 g/mol. The summed E-state index contributed by atoms with van der Waals surface area (Å²) in [5.74, 6) is 1.25. The molecule has 1 N–H and O–H groups in total. The summed E-state index contributed by atoms with van der Waals surface area (Å²) in [5, 5.41) is 2.91. The van der Waals surface area contributed by atoms with Crippen LogP contribution in [0.1, 0.15) is 26.7 Å². The number of anilines is 2. The number of rotatable bonds is 5. The van der Waals surface area contributed by atoms with E-state index >= 15 is 0 Å². The van der Waals surface area contributed by atoms with E-state index in [2.05, 4.69) is 15.2 Å². The third kappa shape index (κ3) is 4.34. The monoisotopic (exact) mass is 320 g/mol. The van der Waals surface area contributed by atoms with E-state index in [0.29, 0.717) is 50.0 Å². The first kappa shape index (κ1) is 17.1. The number of carbonyl (C=O) groups excluding carboxylic acids is 2. The van der Waals surface area contributed by atoms with Gasteiger partial charge in [-0.25, -0.2) is 0 Å². The summed E-state index contributed by atoms with van der Waals surface area (Å²) in [5.41, 5.74) is 0.681. The molecule has 1 aliphatic rings. The van der Waals surface area contributed by atoms with Crippen LogP contribution in [0.15, 0.2) is 12.1 Å². The van der Waals surface area contributed by atoms with Gasteiger partial charge in [0.1, 0.15) is 0 Å². The van der Waals surface area contributed by atoms with E-state index < -0.39 is 0 Å². The Morgan fingerprint density at radius 1 is 1.26 bits per heavy atom. The van der Waals surface area contributed by atoms with Crippen molar-refractivity contribution in [1.82, 2.24) is 9.88 Å². The zero-order valence-electron chi connectivity index (χ0n) is 14.0. The molecule has 0 unspecified atom stereocenters. The van der Waals surface area contributed by atoms with E-state index in [9.17, 15) is 9.59 Å². The zero-order chi connectivity index (χ0) is 16.8. The number of piperazine rings is 1. The predicted octanol–water partition coefficient (Wildman–Crippen LogP) is 1.50. The van der Waals surface area contributed by atoms with E-state index in [4.69, 9.17) is 4.74 Å². The topological polar surface area (TPSA) is 74.8 Å². The summed E-state index contributed by atoms with van der Waals surface area (Å²) < 4.78 is 5.20. The minimum absolute atomic E-state index is 0.0249. The summed E-state index contributed by atoms with van der Waals surface area (Å²) in [6.07, 6.45) is 1.27. The Bertz CT molecular complexity index is 568. The van der Waals surface area contributed by atoms with Crippen molar-refractivity contribution in [3.8, 4) is 5.88 Å². The van der Waals surface area contributed by atoms with Crippen LogP contribution in [0.4, 0.5) is 11.5 Å². The van der Waals surface area contributed by atoms with Gasteiger partial charge in [0, 0.05) is 45.6 Å². The highest BCUT2D eigenvalue weighted by Gasteiger charge is 2.22. The number of ether oxygens (including phenoxy) is 1. The minimum Gasteiger partial charge on any atom is -0.481 e. The number of methoxy groups -OCH3 is 1. The third-order valence-electron chi connectivity index (χ3n) is 3.83. The molecule has 1 saturated heterocycles. The van der Waals surface area contributed by atoms with Crippen LogP contribution >= 0.6 is 0 Å². The van der Waals surface area contributed by atoms with Crippen LogP contribution in [0.5, 0.6) is 5.88 Å². The number of carbonyl (C=O) groups is 2. The predicted molar refractivity (Wildman–Crippen MR) is 88.8 cm³/mol. The zero-order valence-corrected chi connectivity index (χ0v) is 14.0. The lowest BCUT2D eigenvalue weighted by Gasteiger charge is -2.35. The molecule has 2 rings (SSSR count). The van der Waals surface area contributed by atoms with Gasteiger partial charge in [-0.15, -0.1) is 0 Å². The number of nitrogens with one attached hydrogen (secondary N) is 1. The van der Waals surface area contributed by atoms with E-state index in [0.717, 1.165) is 6.42 Å². The highest BCUT2D eigenvalue weighted by molar-refractivity contribution is 5.93. The van der Waals surface area contributed by atoms with Gasteiger partial charge in [-0.3, -0.25) is 9.59 Å². The van der Waals surface area contributed by atoms with Gasteiger partial charge in [-0.1, -0.05) is 6.92 Å². The fourth-order valence-electron chi connectivity index (χ4n) is 2.56. The lowest BCUT2D eigenvalue weighted by molar-refractivity contribution is -0.129. The molecule has 2 heterocycles. The van der Waals surface area contributed by atoms with Crippen molar-refractivity contribution in [2.24, 2.45) is 0 Å². The number of aromatic nitrogens is 1. The van der Waals surface area contributed by atoms with Crippen molar-refractivity contribution in [2.45, 2.75) is 26.7 Å². The highest BCUT2D eigenvalue weighted by atomic mass is 16.5. The van der Waals surface area contributed by atoms with E-state index in [1.54, 1.807) is 20.1 Å². The van der Waals surface area contributed by atoms with Crippen LogP contribution in [0.25, 0.3) is 0 Å². The molecule has 1 aliphatic heterocycles. The van der Waals surface area contributed by atoms with E-state index in [1.807, 2.05) is 17.9 Å². The summed E-state index contributed by atoms with van der Waals surface area (Å²) in [7, 11) is 1.56.